The first kappa shape index (κ1) is 13.9. The second-order valence-electron chi connectivity index (χ2n) is 4.58. The smallest absolute Gasteiger partial charge is 0.236 e. The highest BCUT2D eigenvalue weighted by molar-refractivity contribution is 6.30. The van der Waals surface area contributed by atoms with Crippen LogP contribution in [-0.4, -0.2) is 4.98 Å². The summed E-state index contributed by atoms with van der Waals surface area (Å²) >= 11 is 5.99. The highest BCUT2D eigenvalue weighted by atomic mass is 35.5. The van der Waals surface area contributed by atoms with Crippen LogP contribution in [0.2, 0.25) is 5.15 Å². The van der Waals surface area contributed by atoms with E-state index in [0.29, 0.717) is 16.2 Å². The summed E-state index contributed by atoms with van der Waals surface area (Å²) in [4.78, 5) is 4.20. The van der Waals surface area contributed by atoms with Crippen LogP contribution in [0, 0.1) is 0 Å². The molecule has 0 radical (unpaired) electrons. The molecule has 2 aromatic carbocycles. The topological polar surface area (TPSA) is 12.9 Å². The van der Waals surface area contributed by atoms with Gasteiger partial charge in [0.25, 0.3) is 0 Å². The van der Waals surface area contributed by atoms with Gasteiger partial charge in [0.2, 0.25) is 0 Å². The maximum Gasteiger partial charge on any atom is 0.416 e. The lowest BCUT2D eigenvalue weighted by molar-refractivity contribution is -0.137. The molecule has 0 aliphatic rings. The van der Waals surface area contributed by atoms with E-state index in [1.165, 1.54) is 12.1 Å². The minimum Gasteiger partial charge on any atom is -0.236 e. The molecule has 21 heavy (non-hydrogen) atoms. The van der Waals surface area contributed by atoms with Crippen LogP contribution >= 0.6 is 11.6 Å². The van der Waals surface area contributed by atoms with E-state index in [1.807, 2.05) is 24.3 Å². The van der Waals surface area contributed by atoms with Crippen molar-refractivity contribution in [3.8, 4) is 11.1 Å². The van der Waals surface area contributed by atoms with E-state index < -0.39 is 11.7 Å². The SMILES string of the molecule is FC(F)(F)c1ccc(-c2cc(Cl)nc3ccccc23)cc1. The molecule has 3 aromatic rings. The van der Waals surface area contributed by atoms with Crippen LogP contribution in [0.5, 0.6) is 0 Å². The Balaban J connectivity index is 2.16. The van der Waals surface area contributed by atoms with E-state index in [4.69, 9.17) is 11.6 Å². The number of hydrogen-bond acceptors (Lipinski definition) is 1. The predicted molar refractivity (Wildman–Crippen MR) is 77.2 cm³/mol. The molecular weight excluding hydrogens is 299 g/mol. The molecule has 0 amide bonds. The van der Waals surface area contributed by atoms with Crippen molar-refractivity contribution >= 4 is 22.5 Å². The Bertz CT molecular complexity index is 795. The summed E-state index contributed by atoms with van der Waals surface area (Å²) < 4.78 is 37.8. The highest BCUT2D eigenvalue weighted by Gasteiger charge is 2.30. The Morgan fingerprint density at radius 2 is 1.57 bits per heavy atom. The molecule has 0 fully saturated rings. The zero-order valence-corrected chi connectivity index (χ0v) is 11.4. The lowest BCUT2D eigenvalue weighted by atomic mass is 10.0. The summed E-state index contributed by atoms with van der Waals surface area (Å²) in [5.74, 6) is 0. The van der Waals surface area contributed by atoms with E-state index in [2.05, 4.69) is 4.98 Å². The summed E-state index contributed by atoms with van der Waals surface area (Å²) in [5, 5.41) is 1.16. The minimum atomic E-state index is -4.34. The maximum atomic E-state index is 12.6. The third kappa shape index (κ3) is 2.72. The van der Waals surface area contributed by atoms with Crippen molar-refractivity contribution in [3.05, 3.63) is 65.3 Å². The summed E-state index contributed by atoms with van der Waals surface area (Å²) in [7, 11) is 0. The number of fused-ring (bicyclic) bond motifs is 1. The fourth-order valence-electron chi connectivity index (χ4n) is 2.22. The fraction of sp³-hybridized carbons (Fsp3) is 0.0625. The van der Waals surface area contributed by atoms with Crippen LogP contribution in [0.3, 0.4) is 0 Å². The number of aromatic nitrogens is 1. The highest BCUT2D eigenvalue weighted by Crippen LogP contribution is 2.33. The third-order valence-corrected chi connectivity index (χ3v) is 3.40. The van der Waals surface area contributed by atoms with Crippen LogP contribution in [0.25, 0.3) is 22.0 Å². The first-order chi connectivity index (χ1) is 9.95. The maximum absolute atomic E-state index is 12.6. The number of benzene rings is 2. The molecule has 1 heterocycles. The van der Waals surface area contributed by atoms with Gasteiger partial charge in [-0.1, -0.05) is 41.9 Å². The Labute approximate surface area is 124 Å². The first-order valence-electron chi connectivity index (χ1n) is 6.18. The van der Waals surface area contributed by atoms with Crippen molar-refractivity contribution in [2.75, 3.05) is 0 Å². The van der Waals surface area contributed by atoms with Gasteiger partial charge in [-0.05, 0) is 35.4 Å². The van der Waals surface area contributed by atoms with Crippen molar-refractivity contribution in [2.45, 2.75) is 6.18 Å². The van der Waals surface area contributed by atoms with Gasteiger partial charge in [0.05, 0.1) is 11.1 Å². The van der Waals surface area contributed by atoms with Crippen molar-refractivity contribution < 1.29 is 13.2 Å². The summed E-state index contributed by atoms with van der Waals surface area (Å²) in [6, 6.07) is 14.1. The van der Waals surface area contributed by atoms with Gasteiger partial charge in [0, 0.05) is 5.39 Å². The van der Waals surface area contributed by atoms with Gasteiger partial charge >= 0.3 is 6.18 Å². The van der Waals surface area contributed by atoms with Gasteiger partial charge in [-0.25, -0.2) is 4.98 Å². The molecule has 5 heteroatoms. The van der Waals surface area contributed by atoms with E-state index in [0.717, 1.165) is 23.1 Å². The van der Waals surface area contributed by atoms with E-state index in [-0.39, 0.29) is 0 Å². The monoisotopic (exact) mass is 307 g/mol. The average Bonchev–Trinajstić information content (AvgIpc) is 2.45. The Morgan fingerprint density at radius 3 is 2.24 bits per heavy atom. The lowest BCUT2D eigenvalue weighted by Gasteiger charge is -2.10. The molecule has 0 aliphatic heterocycles. The molecule has 0 saturated carbocycles. The molecule has 1 nitrogen and oxygen atoms in total. The number of para-hydroxylation sites is 1. The molecule has 106 valence electrons. The van der Waals surface area contributed by atoms with Crippen LogP contribution in [0.15, 0.2) is 54.6 Å². The van der Waals surface area contributed by atoms with Crippen LogP contribution in [0.4, 0.5) is 13.2 Å². The van der Waals surface area contributed by atoms with Crippen LogP contribution in [-0.2, 0) is 6.18 Å². The lowest BCUT2D eigenvalue weighted by Crippen LogP contribution is -2.04. The Hall–Kier alpha value is -2.07. The van der Waals surface area contributed by atoms with Crippen molar-refractivity contribution in [3.63, 3.8) is 0 Å². The van der Waals surface area contributed by atoms with Gasteiger partial charge in [-0.2, -0.15) is 13.2 Å². The fourth-order valence-corrected chi connectivity index (χ4v) is 2.42. The van der Waals surface area contributed by atoms with E-state index >= 15 is 0 Å². The van der Waals surface area contributed by atoms with E-state index in [1.54, 1.807) is 6.07 Å². The molecule has 0 N–H and O–H groups in total. The molecule has 1 aromatic heterocycles. The third-order valence-electron chi connectivity index (χ3n) is 3.21. The quantitative estimate of drug-likeness (QED) is 0.535. The number of pyridine rings is 1. The zero-order chi connectivity index (χ0) is 15.0. The Morgan fingerprint density at radius 1 is 0.905 bits per heavy atom. The zero-order valence-electron chi connectivity index (χ0n) is 10.7. The van der Waals surface area contributed by atoms with Gasteiger partial charge in [0.15, 0.2) is 0 Å². The summed E-state index contributed by atoms with van der Waals surface area (Å²) in [6.07, 6.45) is -4.34. The largest absolute Gasteiger partial charge is 0.416 e. The number of rotatable bonds is 1. The van der Waals surface area contributed by atoms with Crippen molar-refractivity contribution in [1.82, 2.24) is 4.98 Å². The molecule has 0 saturated heterocycles. The van der Waals surface area contributed by atoms with Gasteiger partial charge in [-0.15, -0.1) is 0 Å². The molecule has 0 atom stereocenters. The van der Waals surface area contributed by atoms with Crippen LogP contribution in [0.1, 0.15) is 5.56 Å². The second kappa shape index (κ2) is 5.04. The van der Waals surface area contributed by atoms with Crippen molar-refractivity contribution in [2.24, 2.45) is 0 Å². The number of nitrogens with zero attached hydrogens (tertiary/aromatic N) is 1. The predicted octanol–water partition coefficient (Wildman–Crippen LogP) is 5.57. The Kier molecular flexibility index (Phi) is 3.33. The van der Waals surface area contributed by atoms with Gasteiger partial charge < -0.3 is 0 Å². The molecule has 0 spiro atoms. The first-order valence-corrected chi connectivity index (χ1v) is 6.56. The molecule has 3 rings (SSSR count). The summed E-state index contributed by atoms with van der Waals surface area (Å²) in [5.41, 5.74) is 1.47. The molecule has 0 unspecified atom stereocenters. The average molecular weight is 308 g/mol. The number of alkyl halides is 3. The molecular formula is C16H9ClF3N. The minimum absolute atomic E-state index is 0.309. The van der Waals surface area contributed by atoms with Crippen LogP contribution < -0.4 is 0 Å². The molecule has 0 bridgehead atoms. The van der Waals surface area contributed by atoms with Gasteiger partial charge in [-0.3, -0.25) is 0 Å². The van der Waals surface area contributed by atoms with Gasteiger partial charge in [0.1, 0.15) is 5.15 Å². The summed E-state index contributed by atoms with van der Waals surface area (Å²) in [6.45, 7) is 0. The molecule has 0 aliphatic carbocycles. The number of hydrogen-bond donors (Lipinski definition) is 0. The normalized spacial score (nSPS) is 11.8. The van der Waals surface area contributed by atoms with E-state index in [9.17, 15) is 13.2 Å². The second-order valence-corrected chi connectivity index (χ2v) is 4.97. The van der Waals surface area contributed by atoms with Crippen molar-refractivity contribution in [1.29, 1.82) is 0 Å². The standard InChI is InChI=1S/C16H9ClF3N/c17-15-9-13(12-3-1-2-4-14(12)21-15)10-5-7-11(8-6-10)16(18,19)20/h1-9H. The number of halogens is 4.